The summed E-state index contributed by atoms with van der Waals surface area (Å²) >= 11 is 0. The first kappa shape index (κ1) is 10.7. The van der Waals surface area contributed by atoms with E-state index < -0.39 is 0 Å². The second-order valence-electron chi connectivity index (χ2n) is 4.20. The van der Waals surface area contributed by atoms with E-state index in [-0.39, 0.29) is 11.5 Å². The lowest BCUT2D eigenvalue weighted by atomic mass is 10.1. The van der Waals surface area contributed by atoms with Gasteiger partial charge in [-0.15, -0.1) is 0 Å². The molecule has 86 valence electrons. The molecule has 0 atom stereocenters. The van der Waals surface area contributed by atoms with E-state index in [4.69, 9.17) is 10.5 Å². The summed E-state index contributed by atoms with van der Waals surface area (Å²) in [5.41, 5.74) is 6.49. The SMILES string of the molecule is CCC(C)(C)Oc1nc(N)nc2nc[nH]c12. The number of H-pyrrole nitrogens is 1. The maximum absolute atomic E-state index is 5.80. The van der Waals surface area contributed by atoms with Crippen molar-refractivity contribution >= 4 is 17.1 Å². The third-order valence-electron chi connectivity index (χ3n) is 2.49. The molecule has 0 bridgehead atoms. The van der Waals surface area contributed by atoms with Crippen LogP contribution in [0.25, 0.3) is 11.2 Å². The average Bonchev–Trinajstić information content (AvgIpc) is 2.65. The molecule has 0 spiro atoms. The van der Waals surface area contributed by atoms with Crippen LogP contribution in [0.4, 0.5) is 5.95 Å². The first-order valence-electron chi connectivity index (χ1n) is 5.17. The summed E-state index contributed by atoms with van der Waals surface area (Å²) in [6, 6.07) is 0. The number of nitrogens with two attached hydrogens (primary N) is 1. The van der Waals surface area contributed by atoms with Gasteiger partial charge in [0.25, 0.3) is 0 Å². The van der Waals surface area contributed by atoms with Crippen LogP contribution in [0.1, 0.15) is 27.2 Å². The van der Waals surface area contributed by atoms with Gasteiger partial charge in [0.15, 0.2) is 5.65 Å². The van der Waals surface area contributed by atoms with Crippen LogP contribution in [-0.2, 0) is 0 Å². The molecule has 16 heavy (non-hydrogen) atoms. The van der Waals surface area contributed by atoms with Gasteiger partial charge < -0.3 is 15.5 Å². The summed E-state index contributed by atoms with van der Waals surface area (Å²) in [7, 11) is 0. The van der Waals surface area contributed by atoms with Gasteiger partial charge in [0, 0.05) is 0 Å². The van der Waals surface area contributed by atoms with Gasteiger partial charge >= 0.3 is 0 Å². The van der Waals surface area contributed by atoms with Crippen molar-refractivity contribution in [2.75, 3.05) is 5.73 Å². The number of rotatable bonds is 3. The van der Waals surface area contributed by atoms with Gasteiger partial charge in [-0.25, -0.2) is 4.98 Å². The fourth-order valence-electron chi connectivity index (χ4n) is 1.23. The molecule has 2 aromatic rings. The summed E-state index contributed by atoms with van der Waals surface area (Å²) in [5.74, 6) is 0.619. The van der Waals surface area contributed by atoms with Crippen LogP contribution < -0.4 is 10.5 Å². The van der Waals surface area contributed by atoms with Crippen LogP contribution in [0.3, 0.4) is 0 Å². The predicted molar refractivity (Wildman–Crippen MR) is 61.1 cm³/mol. The maximum Gasteiger partial charge on any atom is 0.245 e. The normalized spacial score (nSPS) is 11.9. The molecule has 2 rings (SSSR count). The van der Waals surface area contributed by atoms with E-state index in [0.717, 1.165) is 6.42 Å². The molecular weight excluding hydrogens is 206 g/mol. The van der Waals surface area contributed by atoms with E-state index >= 15 is 0 Å². The number of nitrogens with zero attached hydrogens (tertiary/aromatic N) is 3. The first-order chi connectivity index (χ1) is 7.52. The van der Waals surface area contributed by atoms with Gasteiger partial charge in [0.05, 0.1) is 6.33 Å². The van der Waals surface area contributed by atoms with Crippen LogP contribution in [0, 0.1) is 0 Å². The lowest BCUT2D eigenvalue weighted by Crippen LogP contribution is -2.27. The predicted octanol–water partition coefficient (Wildman–Crippen LogP) is 1.50. The Labute approximate surface area is 93.3 Å². The minimum Gasteiger partial charge on any atom is -0.470 e. The van der Waals surface area contributed by atoms with Crippen LogP contribution in [-0.4, -0.2) is 25.5 Å². The third-order valence-corrected chi connectivity index (χ3v) is 2.49. The molecule has 0 amide bonds. The molecule has 6 heteroatoms. The molecule has 2 aromatic heterocycles. The van der Waals surface area contributed by atoms with Crippen molar-refractivity contribution in [3.8, 4) is 5.88 Å². The van der Waals surface area contributed by atoms with Gasteiger partial charge in [0.1, 0.15) is 11.1 Å². The van der Waals surface area contributed by atoms with Gasteiger partial charge in [-0.2, -0.15) is 9.97 Å². The molecule has 0 saturated heterocycles. The number of nitrogen functional groups attached to an aromatic ring is 1. The monoisotopic (exact) mass is 221 g/mol. The largest absolute Gasteiger partial charge is 0.470 e. The fourth-order valence-corrected chi connectivity index (χ4v) is 1.23. The summed E-state index contributed by atoms with van der Waals surface area (Å²) in [4.78, 5) is 15.1. The fraction of sp³-hybridized carbons (Fsp3) is 0.500. The molecule has 0 aliphatic carbocycles. The number of hydrogen-bond donors (Lipinski definition) is 2. The molecule has 2 heterocycles. The standard InChI is InChI=1S/C10H15N5O/c1-4-10(2,3)16-8-6-7(13-5-12-6)14-9(11)15-8/h5H,4H2,1-3H3,(H3,11,12,13,14,15). The van der Waals surface area contributed by atoms with Crippen LogP contribution in [0.2, 0.25) is 0 Å². The molecule has 0 aromatic carbocycles. The Morgan fingerprint density at radius 3 is 2.88 bits per heavy atom. The van der Waals surface area contributed by atoms with E-state index in [1.807, 2.05) is 13.8 Å². The summed E-state index contributed by atoms with van der Waals surface area (Å²) in [6.07, 6.45) is 2.41. The zero-order valence-corrected chi connectivity index (χ0v) is 9.61. The smallest absolute Gasteiger partial charge is 0.245 e. The molecule has 0 unspecified atom stereocenters. The minimum absolute atomic E-state index is 0.168. The Morgan fingerprint density at radius 2 is 2.19 bits per heavy atom. The van der Waals surface area contributed by atoms with Crippen molar-refractivity contribution in [2.45, 2.75) is 32.8 Å². The van der Waals surface area contributed by atoms with Crippen molar-refractivity contribution in [3.05, 3.63) is 6.33 Å². The Morgan fingerprint density at radius 1 is 1.44 bits per heavy atom. The Bertz CT molecular complexity index is 505. The molecule has 3 N–H and O–H groups in total. The number of imidazole rings is 1. The van der Waals surface area contributed by atoms with E-state index in [2.05, 4.69) is 26.9 Å². The van der Waals surface area contributed by atoms with Gasteiger partial charge in [-0.05, 0) is 20.3 Å². The first-order valence-corrected chi connectivity index (χ1v) is 5.17. The number of aromatic amines is 1. The van der Waals surface area contributed by atoms with Crippen molar-refractivity contribution in [3.63, 3.8) is 0 Å². The lowest BCUT2D eigenvalue weighted by molar-refractivity contribution is 0.101. The van der Waals surface area contributed by atoms with Crippen LogP contribution in [0.5, 0.6) is 5.88 Å². The average molecular weight is 221 g/mol. The van der Waals surface area contributed by atoms with Crippen molar-refractivity contribution in [1.82, 2.24) is 19.9 Å². The molecule has 0 fully saturated rings. The van der Waals surface area contributed by atoms with Crippen LogP contribution in [0.15, 0.2) is 6.33 Å². The molecular formula is C10H15N5O. The number of ether oxygens (including phenoxy) is 1. The second-order valence-corrected chi connectivity index (χ2v) is 4.20. The van der Waals surface area contributed by atoms with Gasteiger partial charge in [0.2, 0.25) is 11.8 Å². The Kier molecular flexibility index (Phi) is 2.41. The molecule has 0 aliphatic heterocycles. The Balaban J connectivity index is 2.47. The zero-order chi connectivity index (χ0) is 11.8. The minimum atomic E-state index is -0.293. The Hall–Kier alpha value is -1.85. The highest BCUT2D eigenvalue weighted by molar-refractivity contribution is 5.76. The molecule has 0 aliphatic rings. The number of fused-ring (bicyclic) bond motifs is 1. The highest BCUT2D eigenvalue weighted by Crippen LogP contribution is 2.25. The van der Waals surface area contributed by atoms with E-state index in [1.54, 1.807) is 6.33 Å². The highest BCUT2D eigenvalue weighted by atomic mass is 16.5. The molecule has 0 saturated carbocycles. The topological polar surface area (TPSA) is 89.7 Å². The second kappa shape index (κ2) is 3.62. The van der Waals surface area contributed by atoms with E-state index in [0.29, 0.717) is 17.0 Å². The highest BCUT2D eigenvalue weighted by Gasteiger charge is 2.20. The third kappa shape index (κ3) is 1.91. The van der Waals surface area contributed by atoms with Crippen molar-refractivity contribution in [1.29, 1.82) is 0 Å². The molecule has 0 radical (unpaired) electrons. The number of hydrogen-bond acceptors (Lipinski definition) is 5. The van der Waals surface area contributed by atoms with Crippen LogP contribution >= 0.6 is 0 Å². The quantitative estimate of drug-likeness (QED) is 0.819. The number of anilines is 1. The van der Waals surface area contributed by atoms with Crippen molar-refractivity contribution < 1.29 is 4.74 Å². The number of aromatic nitrogens is 4. The van der Waals surface area contributed by atoms with E-state index in [9.17, 15) is 0 Å². The number of nitrogens with one attached hydrogen (secondary N) is 1. The zero-order valence-electron chi connectivity index (χ0n) is 9.61. The van der Waals surface area contributed by atoms with E-state index in [1.165, 1.54) is 0 Å². The lowest BCUT2D eigenvalue weighted by Gasteiger charge is -2.24. The molecule has 6 nitrogen and oxygen atoms in total. The van der Waals surface area contributed by atoms with Gasteiger partial charge in [-0.3, -0.25) is 0 Å². The maximum atomic E-state index is 5.80. The summed E-state index contributed by atoms with van der Waals surface area (Å²) in [5, 5.41) is 0. The van der Waals surface area contributed by atoms with Crippen molar-refractivity contribution in [2.24, 2.45) is 0 Å². The summed E-state index contributed by atoms with van der Waals surface area (Å²) < 4.78 is 5.80. The van der Waals surface area contributed by atoms with Gasteiger partial charge in [-0.1, -0.05) is 6.92 Å². The summed E-state index contributed by atoms with van der Waals surface area (Å²) in [6.45, 7) is 6.04.